The van der Waals surface area contributed by atoms with Crippen LogP contribution in [-0.2, 0) is 7.05 Å². The van der Waals surface area contributed by atoms with E-state index in [0.717, 1.165) is 11.3 Å². The maximum atomic E-state index is 6.04. The number of para-hydroxylation sites is 1. The van der Waals surface area contributed by atoms with E-state index < -0.39 is 0 Å². The number of aryl methyl sites for hydroxylation is 2. The molecule has 0 aliphatic carbocycles. The Balaban J connectivity index is 1.93. The highest BCUT2D eigenvalue weighted by molar-refractivity contribution is 6.83. The molecule has 114 valence electrons. The van der Waals surface area contributed by atoms with Crippen molar-refractivity contribution in [1.29, 1.82) is 0 Å². The van der Waals surface area contributed by atoms with Gasteiger partial charge in [0.05, 0.1) is 5.69 Å². The summed E-state index contributed by atoms with van der Waals surface area (Å²) in [6.45, 7) is 4.54. The van der Waals surface area contributed by atoms with Gasteiger partial charge in [-0.25, -0.2) is 4.57 Å². The second-order valence-electron chi connectivity index (χ2n) is 6.45. The molecule has 0 amide bonds. The standard InChI is InChI=1S/C19H20BN2O/c1-13-9-10-21(3)18(11-13)20-14(2)12-17-19(22(20)4)15-7-5-6-8-16(15)23-17/h5-12H,1-4H3/q+1. The van der Waals surface area contributed by atoms with E-state index in [9.17, 15) is 0 Å². The third-order valence-electron chi connectivity index (χ3n) is 4.75. The third kappa shape index (κ3) is 2.09. The van der Waals surface area contributed by atoms with Crippen LogP contribution >= 0.6 is 0 Å². The molecule has 2 aromatic heterocycles. The predicted molar refractivity (Wildman–Crippen MR) is 96.0 cm³/mol. The van der Waals surface area contributed by atoms with Crippen LogP contribution in [0.1, 0.15) is 18.2 Å². The minimum atomic E-state index is 0.216. The molecular formula is C19H20BN2O+. The number of benzene rings is 1. The van der Waals surface area contributed by atoms with Crippen LogP contribution in [0.4, 0.5) is 5.69 Å². The molecule has 1 aromatic carbocycles. The SMILES string of the molecule is CC1=Cc2oc3ccccc3c2N(C)B1c1cc(C)cc[n+]1C. The third-order valence-corrected chi connectivity index (χ3v) is 4.75. The highest BCUT2D eigenvalue weighted by Crippen LogP contribution is 2.38. The number of aromatic nitrogens is 1. The van der Waals surface area contributed by atoms with Gasteiger partial charge in [0.2, 0.25) is 0 Å². The molecule has 0 saturated carbocycles. The van der Waals surface area contributed by atoms with Crippen LogP contribution in [0, 0.1) is 6.92 Å². The van der Waals surface area contributed by atoms with E-state index in [0.29, 0.717) is 0 Å². The molecule has 0 fully saturated rings. The van der Waals surface area contributed by atoms with Crippen molar-refractivity contribution >= 4 is 35.2 Å². The summed E-state index contributed by atoms with van der Waals surface area (Å²) in [6, 6.07) is 12.7. The molecule has 4 heteroatoms. The number of pyridine rings is 1. The first-order valence-electron chi connectivity index (χ1n) is 7.95. The smallest absolute Gasteiger partial charge is 0.399 e. The molecule has 0 N–H and O–H groups in total. The zero-order chi connectivity index (χ0) is 16.1. The molecule has 0 spiro atoms. The van der Waals surface area contributed by atoms with Crippen LogP contribution in [-0.4, -0.2) is 13.9 Å². The number of hydrogen-bond donors (Lipinski definition) is 0. The van der Waals surface area contributed by atoms with Crippen molar-refractivity contribution in [2.75, 3.05) is 11.9 Å². The van der Waals surface area contributed by atoms with Crippen molar-refractivity contribution in [1.82, 2.24) is 0 Å². The topological polar surface area (TPSA) is 20.3 Å². The lowest BCUT2D eigenvalue weighted by Crippen LogP contribution is -2.62. The average Bonchev–Trinajstić information content (AvgIpc) is 2.88. The van der Waals surface area contributed by atoms with E-state index in [1.165, 1.54) is 27.7 Å². The summed E-state index contributed by atoms with van der Waals surface area (Å²) < 4.78 is 8.25. The van der Waals surface area contributed by atoms with E-state index >= 15 is 0 Å². The molecule has 23 heavy (non-hydrogen) atoms. The molecule has 1 aliphatic heterocycles. The average molecular weight is 303 g/mol. The number of hydrogen-bond acceptors (Lipinski definition) is 2. The Bertz CT molecular complexity index is 942. The summed E-state index contributed by atoms with van der Waals surface area (Å²) in [7, 11) is 4.27. The van der Waals surface area contributed by atoms with Crippen molar-refractivity contribution in [3.8, 4) is 0 Å². The van der Waals surface area contributed by atoms with Gasteiger partial charge in [0.1, 0.15) is 18.4 Å². The minimum Gasteiger partial charge on any atom is -0.455 e. The highest BCUT2D eigenvalue weighted by Gasteiger charge is 2.38. The van der Waals surface area contributed by atoms with Crippen LogP contribution in [0.2, 0.25) is 0 Å². The number of rotatable bonds is 1. The van der Waals surface area contributed by atoms with Gasteiger partial charge in [-0.1, -0.05) is 17.6 Å². The first-order valence-corrected chi connectivity index (χ1v) is 7.95. The second-order valence-corrected chi connectivity index (χ2v) is 6.45. The van der Waals surface area contributed by atoms with E-state index in [2.05, 4.69) is 73.9 Å². The van der Waals surface area contributed by atoms with Crippen molar-refractivity contribution in [2.24, 2.45) is 7.05 Å². The van der Waals surface area contributed by atoms with E-state index in [4.69, 9.17) is 4.42 Å². The molecule has 0 bridgehead atoms. The highest BCUT2D eigenvalue weighted by atomic mass is 16.3. The van der Waals surface area contributed by atoms with Crippen LogP contribution in [0.3, 0.4) is 0 Å². The fraction of sp³-hybridized carbons (Fsp3) is 0.211. The monoisotopic (exact) mass is 303 g/mol. The van der Waals surface area contributed by atoms with Gasteiger partial charge in [0.25, 0.3) is 0 Å². The Morgan fingerprint density at radius 1 is 1.13 bits per heavy atom. The van der Waals surface area contributed by atoms with Gasteiger partial charge in [-0.2, -0.15) is 0 Å². The largest absolute Gasteiger partial charge is 0.455 e. The van der Waals surface area contributed by atoms with Crippen molar-refractivity contribution in [3.05, 3.63) is 59.4 Å². The summed E-state index contributed by atoms with van der Waals surface area (Å²) in [4.78, 5) is 2.34. The van der Waals surface area contributed by atoms with Crippen LogP contribution in [0.15, 0.2) is 52.5 Å². The lowest BCUT2D eigenvalue weighted by atomic mass is 9.49. The van der Waals surface area contributed by atoms with Gasteiger partial charge in [0.15, 0.2) is 11.8 Å². The minimum absolute atomic E-state index is 0.216. The Hall–Kier alpha value is -2.49. The fourth-order valence-electron chi connectivity index (χ4n) is 3.63. The quantitative estimate of drug-likeness (QED) is 0.509. The molecule has 0 saturated heterocycles. The molecule has 3 nitrogen and oxygen atoms in total. The number of furan rings is 1. The summed E-state index contributed by atoms with van der Waals surface area (Å²) >= 11 is 0. The first kappa shape index (κ1) is 14.1. The lowest BCUT2D eigenvalue weighted by Gasteiger charge is -2.29. The normalized spacial score (nSPS) is 14.2. The number of nitrogens with zero attached hydrogens (tertiary/aromatic N) is 2. The Kier molecular flexibility index (Phi) is 3.08. The van der Waals surface area contributed by atoms with E-state index in [1.54, 1.807) is 0 Å². The van der Waals surface area contributed by atoms with Crippen LogP contribution < -0.4 is 15.0 Å². The molecular weight excluding hydrogens is 283 g/mol. The van der Waals surface area contributed by atoms with Crippen LogP contribution in [0.5, 0.6) is 0 Å². The van der Waals surface area contributed by atoms with Crippen LogP contribution in [0.25, 0.3) is 17.0 Å². The van der Waals surface area contributed by atoms with Gasteiger partial charge >= 0.3 is 6.85 Å². The lowest BCUT2D eigenvalue weighted by molar-refractivity contribution is -0.654. The number of allylic oxidation sites excluding steroid dienone is 1. The molecule has 1 aliphatic rings. The van der Waals surface area contributed by atoms with E-state index in [-0.39, 0.29) is 6.85 Å². The van der Waals surface area contributed by atoms with Gasteiger partial charge < -0.3 is 9.23 Å². The zero-order valence-electron chi connectivity index (χ0n) is 14.0. The molecule has 4 rings (SSSR count). The molecule has 3 heterocycles. The first-order chi connectivity index (χ1) is 11.1. The Labute approximate surface area is 136 Å². The second kappa shape index (κ2) is 5.02. The summed E-state index contributed by atoms with van der Waals surface area (Å²) in [6.07, 6.45) is 4.32. The zero-order valence-corrected chi connectivity index (χ0v) is 14.0. The van der Waals surface area contributed by atoms with Crippen molar-refractivity contribution in [3.63, 3.8) is 0 Å². The fourth-order valence-corrected chi connectivity index (χ4v) is 3.63. The van der Waals surface area contributed by atoms with Gasteiger partial charge in [-0.3, -0.25) is 0 Å². The van der Waals surface area contributed by atoms with Gasteiger partial charge in [0, 0.05) is 17.5 Å². The molecule has 0 radical (unpaired) electrons. The van der Waals surface area contributed by atoms with E-state index in [1.807, 2.05) is 12.1 Å². The Morgan fingerprint density at radius 2 is 1.91 bits per heavy atom. The maximum absolute atomic E-state index is 6.04. The molecule has 0 unspecified atom stereocenters. The van der Waals surface area contributed by atoms with Gasteiger partial charge in [-0.15, -0.1) is 0 Å². The Morgan fingerprint density at radius 3 is 2.74 bits per heavy atom. The molecule has 3 aromatic rings. The predicted octanol–water partition coefficient (Wildman–Crippen LogP) is 2.86. The van der Waals surface area contributed by atoms with Crippen molar-refractivity contribution in [2.45, 2.75) is 13.8 Å². The maximum Gasteiger partial charge on any atom is 0.399 e. The summed E-state index contributed by atoms with van der Waals surface area (Å²) in [5, 5.41) is 1.18. The van der Waals surface area contributed by atoms with Gasteiger partial charge in [-0.05, 0) is 44.7 Å². The summed E-state index contributed by atoms with van der Waals surface area (Å²) in [5.41, 5.74) is 5.99. The van der Waals surface area contributed by atoms with Crippen molar-refractivity contribution < 1.29 is 8.98 Å². The summed E-state index contributed by atoms with van der Waals surface area (Å²) in [5.74, 6) is 0.956. The molecule has 0 atom stereocenters. The number of fused-ring (bicyclic) bond motifs is 3. The number of anilines is 1.